The summed E-state index contributed by atoms with van der Waals surface area (Å²) < 4.78 is 28.3. The number of aliphatic hydroxyl groups is 3. The van der Waals surface area contributed by atoms with Crippen molar-refractivity contribution in [3.05, 3.63) is 44.9 Å². The summed E-state index contributed by atoms with van der Waals surface area (Å²) >= 11 is 0. The molecular formula is C23H31N3O12. The summed E-state index contributed by atoms with van der Waals surface area (Å²) in [6, 6.07) is 1.03. The fourth-order valence-electron chi connectivity index (χ4n) is 4.77. The highest BCUT2D eigenvalue weighted by Crippen LogP contribution is 2.34. The van der Waals surface area contributed by atoms with Gasteiger partial charge in [0.05, 0.1) is 0 Å². The van der Waals surface area contributed by atoms with E-state index in [0.717, 1.165) is 42.2 Å². The van der Waals surface area contributed by atoms with Crippen LogP contribution >= 0.6 is 0 Å². The van der Waals surface area contributed by atoms with Gasteiger partial charge < -0.3 is 44.7 Å². The standard InChI is InChI=1S/C23H31N3O12/c1-34-16-15(30)20(26-8-7-13(28)25-23(26)33)37-17(16)18(19(24)31)38-22-14(29)11(27)9-12(36-22)21(32)35-10-5-3-2-4-6-10/h7-11,14-18,20,22,27,29-30H,2-6H2,1H3,(H2,24,31)(H,25,28,33)/t11-,14-,15+,16-,17?,18+,20+,22+/m0/s1. The second-order valence-corrected chi connectivity index (χ2v) is 9.32. The van der Waals surface area contributed by atoms with Gasteiger partial charge >= 0.3 is 11.7 Å². The van der Waals surface area contributed by atoms with Crippen LogP contribution in [0.2, 0.25) is 0 Å². The summed E-state index contributed by atoms with van der Waals surface area (Å²) in [4.78, 5) is 50.7. The van der Waals surface area contributed by atoms with E-state index in [-0.39, 0.29) is 6.10 Å². The van der Waals surface area contributed by atoms with Crippen LogP contribution in [0, 0.1) is 0 Å². The molecule has 0 aromatic carbocycles. The summed E-state index contributed by atoms with van der Waals surface area (Å²) in [6.07, 6.45) is -6.54. The lowest BCUT2D eigenvalue weighted by molar-refractivity contribution is -0.243. The zero-order valence-corrected chi connectivity index (χ0v) is 20.5. The Morgan fingerprint density at radius 2 is 1.87 bits per heavy atom. The van der Waals surface area contributed by atoms with E-state index in [1.54, 1.807) is 0 Å². The molecule has 15 heteroatoms. The molecule has 1 unspecified atom stereocenters. The summed E-state index contributed by atoms with van der Waals surface area (Å²) in [5, 5.41) is 31.5. The zero-order valence-electron chi connectivity index (χ0n) is 20.5. The van der Waals surface area contributed by atoms with Crippen molar-refractivity contribution < 1.29 is 48.6 Å². The number of rotatable bonds is 8. The first-order valence-electron chi connectivity index (χ1n) is 12.2. The first-order valence-corrected chi connectivity index (χ1v) is 12.2. The van der Waals surface area contributed by atoms with Gasteiger partial charge in [0.15, 0.2) is 12.3 Å². The summed E-state index contributed by atoms with van der Waals surface area (Å²) in [5.74, 6) is -2.41. The molecule has 2 aliphatic heterocycles. The Bertz CT molecular complexity index is 1160. The third-order valence-corrected chi connectivity index (χ3v) is 6.73. The number of carbonyl (C=O) groups is 2. The van der Waals surface area contributed by atoms with Gasteiger partial charge in [-0.2, -0.15) is 0 Å². The molecule has 8 atom stereocenters. The molecule has 15 nitrogen and oxygen atoms in total. The van der Waals surface area contributed by atoms with Gasteiger partial charge in [0.2, 0.25) is 18.0 Å². The lowest BCUT2D eigenvalue weighted by Crippen LogP contribution is -2.53. The molecule has 0 radical (unpaired) electrons. The summed E-state index contributed by atoms with van der Waals surface area (Å²) in [6.45, 7) is 0. The minimum atomic E-state index is -1.77. The number of carbonyl (C=O) groups excluding carboxylic acids is 2. The third kappa shape index (κ3) is 5.82. The normalized spacial score (nSPS) is 32.7. The molecule has 1 saturated heterocycles. The van der Waals surface area contributed by atoms with Crippen molar-refractivity contribution in [2.75, 3.05) is 7.11 Å². The predicted molar refractivity (Wildman–Crippen MR) is 124 cm³/mol. The van der Waals surface area contributed by atoms with Crippen LogP contribution in [0.15, 0.2) is 33.7 Å². The van der Waals surface area contributed by atoms with Crippen LogP contribution in [-0.4, -0.2) is 92.9 Å². The molecule has 4 rings (SSSR count). The molecule has 0 spiro atoms. The molecule has 38 heavy (non-hydrogen) atoms. The largest absolute Gasteiger partial charge is 0.457 e. The third-order valence-electron chi connectivity index (χ3n) is 6.73. The van der Waals surface area contributed by atoms with E-state index < -0.39 is 78.0 Å². The number of hydrogen-bond donors (Lipinski definition) is 5. The average molecular weight is 542 g/mol. The van der Waals surface area contributed by atoms with E-state index in [0.29, 0.717) is 12.8 Å². The maximum absolute atomic E-state index is 12.6. The number of nitrogens with one attached hydrogen (secondary N) is 1. The number of amides is 1. The second kappa shape index (κ2) is 11.8. The number of nitrogens with zero attached hydrogens (tertiary/aromatic N) is 1. The van der Waals surface area contributed by atoms with Crippen LogP contribution in [0.3, 0.4) is 0 Å². The van der Waals surface area contributed by atoms with Crippen molar-refractivity contribution >= 4 is 11.9 Å². The number of H-pyrrole nitrogens is 1. The molecular weight excluding hydrogens is 510 g/mol. The number of aliphatic hydroxyl groups excluding tert-OH is 3. The second-order valence-electron chi connectivity index (χ2n) is 9.32. The van der Waals surface area contributed by atoms with Crippen LogP contribution in [0.25, 0.3) is 0 Å². The molecule has 6 N–H and O–H groups in total. The monoisotopic (exact) mass is 541 g/mol. The Morgan fingerprint density at radius 3 is 2.50 bits per heavy atom. The van der Waals surface area contributed by atoms with Gasteiger partial charge in [0, 0.05) is 19.4 Å². The summed E-state index contributed by atoms with van der Waals surface area (Å²) in [7, 11) is 1.21. The molecule has 1 saturated carbocycles. The number of aromatic nitrogens is 2. The lowest BCUT2D eigenvalue weighted by Gasteiger charge is -2.35. The fraction of sp³-hybridized carbons (Fsp3) is 0.652. The van der Waals surface area contributed by atoms with Crippen molar-refractivity contribution in [3.63, 3.8) is 0 Å². The van der Waals surface area contributed by atoms with Gasteiger partial charge in [-0.25, -0.2) is 9.59 Å². The number of esters is 1. The minimum absolute atomic E-state index is 0.313. The van der Waals surface area contributed by atoms with Crippen molar-refractivity contribution in [3.8, 4) is 0 Å². The van der Waals surface area contributed by atoms with E-state index in [9.17, 15) is 34.5 Å². The van der Waals surface area contributed by atoms with E-state index in [4.69, 9.17) is 29.4 Å². The lowest BCUT2D eigenvalue weighted by atomic mass is 9.98. The molecule has 3 heterocycles. The van der Waals surface area contributed by atoms with Crippen LogP contribution in [0.1, 0.15) is 38.3 Å². The number of methoxy groups -OCH3 is 1. The molecule has 0 bridgehead atoms. The SMILES string of the molecule is CO[C@@H]1C([C@@H](O[C@H]2OC(C(=O)OC3CCCCC3)=C[C@H](O)[C@@H]2O)C(N)=O)O[C@@H](n2ccc(=O)[nH]c2=O)[C@@H]1O. The van der Waals surface area contributed by atoms with Gasteiger partial charge in [-0.05, 0) is 31.8 Å². The first kappa shape index (κ1) is 27.9. The van der Waals surface area contributed by atoms with Crippen LogP contribution in [0.4, 0.5) is 0 Å². The molecule has 1 aliphatic carbocycles. The molecule has 1 amide bonds. The van der Waals surface area contributed by atoms with Gasteiger partial charge in [-0.1, -0.05) is 6.42 Å². The van der Waals surface area contributed by atoms with E-state index in [2.05, 4.69) is 0 Å². The van der Waals surface area contributed by atoms with Crippen molar-refractivity contribution in [1.29, 1.82) is 0 Å². The van der Waals surface area contributed by atoms with Crippen LogP contribution in [-0.2, 0) is 33.3 Å². The number of aromatic amines is 1. The fourth-order valence-corrected chi connectivity index (χ4v) is 4.77. The number of ether oxygens (including phenoxy) is 5. The van der Waals surface area contributed by atoms with Gasteiger partial charge in [-0.3, -0.25) is 19.1 Å². The van der Waals surface area contributed by atoms with E-state index in [1.807, 2.05) is 4.98 Å². The van der Waals surface area contributed by atoms with Crippen LogP contribution in [0.5, 0.6) is 0 Å². The molecule has 210 valence electrons. The van der Waals surface area contributed by atoms with Crippen molar-refractivity contribution in [1.82, 2.24) is 9.55 Å². The molecule has 2 fully saturated rings. The summed E-state index contributed by atoms with van der Waals surface area (Å²) in [5.41, 5.74) is 3.95. The zero-order chi connectivity index (χ0) is 27.6. The van der Waals surface area contributed by atoms with E-state index >= 15 is 0 Å². The van der Waals surface area contributed by atoms with Gasteiger partial charge in [0.1, 0.15) is 36.6 Å². The van der Waals surface area contributed by atoms with Crippen molar-refractivity contribution in [2.45, 2.75) is 87.3 Å². The Hall–Kier alpha value is -3.08. The predicted octanol–water partition coefficient (Wildman–Crippen LogP) is -2.48. The molecule has 3 aliphatic rings. The van der Waals surface area contributed by atoms with Gasteiger partial charge in [0.25, 0.3) is 5.56 Å². The first-order chi connectivity index (χ1) is 18.1. The molecule has 1 aromatic heterocycles. The Kier molecular flexibility index (Phi) is 8.64. The van der Waals surface area contributed by atoms with E-state index in [1.165, 1.54) is 7.11 Å². The highest BCUT2D eigenvalue weighted by atomic mass is 16.7. The Balaban J connectivity index is 1.52. The molecule has 1 aromatic rings. The number of nitrogens with two attached hydrogens (primary N) is 1. The highest BCUT2D eigenvalue weighted by molar-refractivity contribution is 5.86. The smallest absolute Gasteiger partial charge is 0.373 e. The van der Waals surface area contributed by atoms with Crippen LogP contribution < -0.4 is 17.0 Å². The maximum Gasteiger partial charge on any atom is 0.373 e. The maximum atomic E-state index is 12.6. The minimum Gasteiger partial charge on any atom is -0.457 e. The average Bonchev–Trinajstić information content (AvgIpc) is 3.20. The highest BCUT2D eigenvalue weighted by Gasteiger charge is 2.52. The number of hydrogen-bond acceptors (Lipinski definition) is 12. The Morgan fingerprint density at radius 1 is 1.16 bits per heavy atom. The van der Waals surface area contributed by atoms with Crippen molar-refractivity contribution in [2.24, 2.45) is 5.73 Å². The number of primary amides is 1. The Labute approximate surface area is 215 Å². The topological polar surface area (TPSA) is 222 Å². The van der Waals surface area contributed by atoms with Gasteiger partial charge in [-0.15, -0.1) is 0 Å². The quantitative estimate of drug-likeness (QED) is 0.216.